The van der Waals surface area contributed by atoms with Gasteiger partial charge in [-0.3, -0.25) is 4.79 Å². The Morgan fingerprint density at radius 3 is 2.84 bits per heavy atom. The highest BCUT2D eigenvalue weighted by atomic mass is 79.9. The van der Waals surface area contributed by atoms with Gasteiger partial charge in [-0.15, -0.1) is 0 Å². The number of nitrogens with one attached hydrogen (secondary N) is 1. The summed E-state index contributed by atoms with van der Waals surface area (Å²) in [5, 5.41) is 7.33. The normalized spacial score (nSPS) is 12.7. The molecule has 0 aromatic carbocycles. The zero-order valence-corrected chi connectivity index (χ0v) is 13.3. The van der Waals surface area contributed by atoms with E-state index in [0.29, 0.717) is 16.7 Å². The number of likely N-dealkylation sites (N-methyl/N-ethyl adjacent to an activating group) is 1. The van der Waals surface area contributed by atoms with Crippen LogP contribution in [0.25, 0.3) is 0 Å². The first kappa shape index (κ1) is 16.1. The summed E-state index contributed by atoms with van der Waals surface area (Å²) in [6, 6.07) is 0.139. The first-order valence-electron chi connectivity index (χ1n) is 6.31. The van der Waals surface area contributed by atoms with Crippen LogP contribution in [0.1, 0.15) is 13.3 Å². The van der Waals surface area contributed by atoms with Gasteiger partial charge in [0.1, 0.15) is 4.47 Å². The fourth-order valence-electron chi connectivity index (χ4n) is 1.48. The average Bonchev–Trinajstić information content (AvgIpc) is 2.33. The Bertz CT molecular complexity index is 458. The molecule has 0 saturated heterocycles. The van der Waals surface area contributed by atoms with Crippen molar-refractivity contribution in [2.24, 2.45) is 5.73 Å². The zero-order chi connectivity index (χ0) is 14.4. The van der Waals surface area contributed by atoms with Crippen LogP contribution in [-0.2, 0) is 6.54 Å². The lowest BCUT2D eigenvalue weighted by Gasteiger charge is -2.13. The summed E-state index contributed by atoms with van der Waals surface area (Å²) in [6.07, 6.45) is 2.51. The third kappa shape index (κ3) is 5.30. The Morgan fingerprint density at radius 1 is 1.58 bits per heavy atom. The van der Waals surface area contributed by atoms with E-state index in [1.807, 2.05) is 25.9 Å². The summed E-state index contributed by atoms with van der Waals surface area (Å²) < 4.78 is 1.98. The second-order valence-electron chi connectivity index (χ2n) is 4.90. The highest BCUT2D eigenvalue weighted by Crippen LogP contribution is 2.15. The molecule has 0 aliphatic carbocycles. The van der Waals surface area contributed by atoms with E-state index in [9.17, 15) is 4.79 Å². The molecule has 0 aliphatic rings. The van der Waals surface area contributed by atoms with Crippen molar-refractivity contribution in [2.75, 3.05) is 32.5 Å². The average molecular weight is 332 g/mol. The maximum atomic E-state index is 12.1. The van der Waals surface area contributed by atoms with Gasteiger partial charge in [-0.05, 0) is 43.4 Å². The molecule has 0 aliphatic heterocycles. The molecule has 1 atom stereocenters. The van der Waals surface area contributed by atoms with Crippen molar-refractivity contribution in [3.63, 3.8) is 0 Å². The van der Waals surface area contributed by atoms with E-state index in [1.165, 1.54) is 4.68 Å². The fraction of sp³-hybridized carbons (Fsp3) is 0.667. The van der Waals surface area contributed by atoms with Crippen LogP contribution in [-0.4, -0.2) is 47.9 Å². The predicted octanol–water partition coefficient (Wildman–Crippen LogP) is 0.717. The molecular formula is C12H22BrN5O. The van der Waals surface area contributed by atoms with Gasteiger partial charge in [0, 0.05) is 19.1 Å². The molecule has 0 fully saturated rings. The Balaban J connectivity index is 2.71. The number of anilines is 1. The van der Waals surface area contributed by atoms with Gasteiger partial charge < -0.3 is 16.0 Å². The number of nitrogens with two attached hydrogens (primary N) is 1. The van der Waals surface area contributed by atoms with Gasteiger partial charge in [0.2, 0.25) is 0 Å². The van der Waals surface area contributed by atoms with Crippen LogP contribution in [0.15, 0.2) is 15.5 Å². The minimum Gasteiger partial charge on any atom is -0.383 e. The lowest BCUT2D eigenvalue weighted by Crippen LogP contribution is -2.29. The lowest BCUT2D eigenvalue weighted by molar-refractivity contribution is 0.367. The molecule has 6 nitrogen and oxygen atoms in total. The van der Waals surface area contributed by atoms with Gasteiger partial charge >= 0.3 is 0 Å². The van der Waals surface area contributed by atoms with Gasteiger partial charge in [-0.1, -0.05) is 0 Å². The van der Waals surface area contributed by atoms with Crippen LogP contribution >= 0.6 is 15.9 Å². The summed E-state index contributed by atoms with van der Waals surface area (Å²) in [7, 11) is 3.92. The molecule has 7 heteroatoms. The number of hydrogen-bond acceptors (Lipinski definition) is 5. The quantitative estimate of drug-likeness (QED) is 0.769. The number of rotatable bonds is 7. The Morgan fingerprint density at radius 2 is 2.26 bits per heavy atom. The molecule has 0 spiro atoms. The van der Waals surface area contributed by atoms with Crippen LogP contribution in [0.2, 0.25) is 0 Å². The van der Waals surface area contributed by atoms with Crippen molar-refractivity contribution in [3.05, 3.63) is 21.0 Å². The molecule has 108 valence electrons. The van der Waals surface area contributed by atoms with Crippen LogP contribution in [0.3, 0.4) is 0 Å². The summed E-state index contributed by atoms with van der Waals surface area (Å²) in [6.45, 7) is 4.02. The second kappa shape index (κ2) is 7.62. The first-order valence-corrected chi connectivity index (χ1v) is 7.11. The van der Waals surface area contributed by atoms with Gasteiger partial charge in [0.25, 0.3) is 5.56 Å². The third-order valence-corrected chi connectivity index (χ3v) is 3.43. The number of hydrogen-bond donors (Lipinski definition) is 2. The van der Waals surface area contributed by atoms with Gasteiger partial charge in [0.05, 0.1) is 18.4 Å². The van der Waals surface area contributed by atoms with Crippen molar-refractivity contribution in [2.45, 2.75) is 25.9 Å². The standard InChI is InChI=1S/C12H22BrN5O/c1-9(14)4-5-15-10-8-16-18(7-6-17(2)3)12(19)11(10)13/h8-9,15H,4-7,14H2,1-3H3. The molecule has 0 saturated carbocycles. The number of halogens is 1. The van der Waals surface area contributed by atoms with Gasteiger partial charge in [-0.2, -0.15) is 5.10 Å². The van der Waals surface area contributed by atoms with Crippen LogP contribution < -0.4 is 16.6 Å². The molecular weight excluding hydrogens is 310 g/mol. The van der Waals surface area contributed by atoms with Crippen molar-refractivity contribution in [3.8, 4) is 0 Å². The Labute approximate surface area is 122 Å². The largest absolute Gasteiger partial charge is 0.383 e. The van der Waals surface area contributed by atoms with E-state index in [-0.39, 0.29) is 11.6 Å². The Kier molecular flexibility index (Phi) is 6.47. The molecule has 3 N–H and O–H groups in total. The third-order valence-electron chi connectivity index (χ3n) is 2.66. The molecule has 1 aromatic rings. The molecule has 0 amide bonds. The fourth-order valence-corrected chi connectivity index (χ4v) is 1.92. The van der Waals surface area contributed by atoms with E-state index < -0.39 is 0 Å². The molecule has 1 heterocycles. The van der Waals surface area contributed by atoms with Crippen LogP contribution in [0, 0.1) is 0 Å². The second-order valence-corrected chi connectivity index (χ2v) is 5.69. The summed E-state index contributed by atoms with van der Waals surface area (Å²) in [5.41, 5.74) is 6.28. The molecule has 1 rings (SSSR count). The molecule has 0 radical (unpaired) electrons. The monoisotopic (exact) mass is 331 g/mol. The lowest BCUT2D eigenvalue weighted by atomic mass is 10.2. The van der Waals surface area contributed by atoms with Gasteiger partial charge in [0.15, 0.2) is 0 Å². The topological polar surface area (TPSA) is 76.2 Å². The number of nitrogens with zero attached hydrogens (tertiary/aromatic N) is 3. The summed E-state index contributed by atoms with van der Waals surface area (Å²) in [5.74, 6) is 0. The maximum absolute atomic E-state index is 12.1. The smallest absolute Gasteiger partial charge is 0.283 e. The minimum atomic E-state index is -0.118. The van der Waals surface area contributed by atoms with E-state index in [0.717, 1.165) is 19.5 Å². The SMILES string of the molecule is CC(N)CCNc1cnn(CCN(C)C)c(=O)c1Br. The van der Waals surface area contributed by atoms with Gasteiger partial charge in [-0.25, -0.2) is 4.68 Å². The Hall–Kier alpha value is -0.920. The molecule has 1 unspecified atom stereocenters. The van der Waals surface area contributed by atoms with Crippen LogP contribution in [0.4, 0.5) is 5.69 Å². The highest BCUT2D eigenvalue weighted by Gasteiger charge is 2.08. The molecule has 19 heavy (non-hydrogen) atoms. The highest BCUT2D eigenvalue weighted by molar-refractivity contribution is 9.10. The zero-order valence-electron chi connectivity index (χ0n) is 11.7. The van der Waals surface area contributed by atoms with E-state index in [4.69, 9.17) is 5.73 Å². The van der Waals surface area contributed by atoms with Crippen molar-refractivity contribution in [1.82, 2.24) is 14.7 Å². The predicted molar refractivity (Wildman–Crippen MR) is 81.5 cm³/mol. The van der Waals surface area contributed by atoms with Crippen molar-refractivity contribution in [1.29, 1.82) is 0 Å². The molecule has 0 bridgehead atoms. The van der Waals surface area contributed by atoms with Crippen molar-refractivity contribution >= 4 is 21.6 Å². The van der Waals surface area contributed by atoms with E-state index in [2.05, 4.69) is 26.3 Å². The van der Waals surface area contributed by atoms with E-state index in [1.54, 1.807) is 6.20 Å². The van der Waals surface area contributed by atoms with E-state index >= 15 is 0 Å². The summed E-state index contributed by atoms with van der Waals surface area (Å²) >= 11 is 3.32. The summed E-state index contributed by atoms with van der Waals surface area (Å²) in [4.78, 5) is 14.1. The van der Waals surface area contributed by atoms with Crippen LogP contribution in [0.5, 0.6) is 0 Å². The number of aromatic nitrogens is 2. The molecule has 1 aromatic heterocycles. The first-order chi connectivity index (χ1) is 8.91. The minimum absolute atomic E-state index is 0.118. The van der Waals surface area contributed by atoms with Crippen molar-refractivity contribution < 1.29 is 0 Å². The maximum Gasteiger partial charge on any atom is 0.283 e.